The summed E-state index contributed by atoms with van der Waals surface area (Å²) in [5.41, 5.74) is 1.08. The van der Waals surface area contributed by atoms with Crippen molar-refractivity contribution in [3.8, 4) is 6.07 Å². The molecule has 0 spiro atoms. The monoisotopic (exact) mass is 263 g/mol. The molecule has 0 amide bonds. The molecule has 0 bridgehead atoms. The Balaban J connectivity index is 2.29. The summed E-state index contributed by atoms with van der Waals surface area (Å²) in [7, 11) is 0. The molecule has 0 saturated heterocycles. The van der Waals surface area contributed by atoms with Gasteiger partial charge in [-0.1, -0.05) is 30.3 Å². The number of nitriles is 1. The molecule has 1 aromatic carbocycles. The van der Waals surface area contributed by atoms with E-state index in [0.29, 0.717) is 11.7 Å². The maximum atomic E-state index is 8.58. The van der Waals surface area contributed by atoms with Gasteiger partial charge in [-0.05, 0) is 36.2 Å². The van der Waals surface area contributed by atoms with E-state index in [-0.39, 0.29) is 5.25 Å². The average molecular weight is 263 g/mol. The topological polar surface area (TPSA) is 33.0 Å². The number of rotatable bonds is 5. The Hall–Kier alpha value is -1.31. The average Bonchev–Trinajstić information content (AvgIpc) is 2.37. The number of hydrogen-bond donors (Lipinski definition) is 0. The van der Waals surface area contributed by atoms with Crippen molar-refractivity contribution >= 4 is 29.0 Å². The van der Waals surface area contributed by atoms with E-state index in [9.17, 15) is 0 Å². The van der Waals surface area contributed by atoms with Crippen LogP contribution in [-0.4, -0.2) is 10.3 Å². The summed E-state index contributed by atoms with van der Waals surface area (Å²) in [6, 6.07) is 12.0. The molecule has 1 rings (SSSR count). The van der Waals surface area contributed by atoms with Crippen molar-refractivity contribution in [1.29, 1.82) is 5.26 Å². The first-order chi connectivity index (χ1) is 8.22. The van der Waals surface area contributed by atoms with Crippen LogP contribution in [0.15, 0.2) is 41.8 Å². The summed E-state index contributed by atoms with van der Waals surface area (Å²) in [6.45, 7) is 2.31. The lowest BCUT2D eigenvalue weighted by Crippen LogP contribution is -1.98. The maximum absolute atomic E-state index is 8.58. The number of nitrogens with zero attached hydrogens (tertiary/aromatic N) is 1. The molecule has 0 fully saturated rings. The van der Waals surface area contributed by atoms with Crippen molar-refractivity contribution in [2.24, 2.45) is 0 Å². The summed E-state index contributed by atoms with van der Waals surface area (Å²) in [6.07, 6.45) is 1.71. The second kappa shape index (κ2) is 7.88. The quantitative estimate of drug-likeness (QED) is 0.599. The van der Waals surface area contributed by atoms with Crippen LogP contribution >= 0.6 is 24.0 Å². The number of thioether (sulfide) groups is 1. The van der Waals surface area contributed by atoms with Gasteiger partial charge in [0.1, 0.15) is 6.61 Å². The fourth-order valence-corrected chi connectivity index (χ4v) is 1.73. The van der Waals surface area contributed by atoms with Gasteiger partial charge in [-0.2, -0.15) is 5.26 Å². The van der Waals surface area contributed by atoms with Crippen molar-refractivity contribution in [3.05, 3.63) is 47.4 Å². The minimum atomic E-state index is -0.0665. The molecule has 17 heavy (non-hydrogen) atoms. The molecule has 0 radical (unpaired) electrons. The Morgan fingerprint density at radius 2 is 2.24 bits per heavy atom. The molecule has 0 aliphatic carbocycles. The highest BCUT2D eigenvalue weighted by molar-refractivity contribution is 8.03. The predicted molar refractivity (Wildman–Crippen MR) is 75.6 cm³/mol. The van der Waals surface area contributed by atoms with E-state index >= 15 is 0 Å². The first kappa shape index (κ1) is 13.8. The molecular weight excluding hydrogens is 250 g/mol. The van der Waals surface area contributed by atoms with Crippen LogP contribution in [0, 0.1) is 11.3 Å². The highest BCUT2D eigenvalue weighted by atomic mass is 32.2. The fourth-order valence-electron chi connectivity index (χ4n) is 1.02. The molecule has 1 aromatic rings. The highest BCUT2D eigenvalue weighted by Crippen LogP contribution is 2.10. The zero-order valence-corrected chi connectivity index (χ0v) is 11.1. The summed E-state index contributed by atoms with van der Waals surface area (Å²) >= 11 is 6.45. The van der Waals surface area contributed by atoms with Crippen molar-refractivity contribution in [3.63, 3.8) is 0 Å². The van der Waals surface area contributed by atoms with Crippen molar-refractivity contribution < 1.29 is 4.74 Å². The summed E-state index contributed by atoms with van der Waals surface area (Å²) in [5.74, 6) is 0. The SMILES string of the molecule is CC(C#N)SC=CC(=S)OCc1ccccc1. The summed E-state index contributed by atoms with van der Waals surface area (Å²) < 4.78 is 5.39. The summed E-state index contributed by atoms with van der Waals surface area (Å²) in [4.78, 5) is 0. The first-order valence-corrected chi connectivity index (χ1v) is 6.50. The lowest BCUT2D eigenvalue weighted by atomic mass is 10.2. The standard InChI is InChI=1S/C13H13NOS2/c1-11(9-14)17-8-7-13(16)15-10-12-5-3-2-4-6-12/h2-8,11H,10H2,1H3. The number of thiocarbonyl (C=S) groups is 1. The molecule has 88 valence electrons. The van der Waals surface area contributed by atoms with E-state index in [2.05, 4.69) is 6.07 Å². The second-order valence-electron chi connectivity index (χ2n) is 3.30. The van der Waals surface area contributed by atoms with Crippen LogP contribution in [-0.2, 0) is 11.3 Å². The normalized spacial score (nSPS) is 12.0. The second-order valence-corrected chi connectivity index (χ2v) is 4.96. The van der Waals surface area contributed by atoms with Gasteiger partial charge in [0.2, 0.25) is 0 Å². The van der Waals surface area contributed by atoms with Gasteiger partial charge in [0.25, 0.3) is 0 Å². The fraction of sp³-hybridized carbons (Fsp3) is 0.231. The largest absolute Gasteiger partial charge is 0.479 e. The van der Waals surface area contributed by atoms with Crippen molar-refractivity contribution in [1.82, 2.24) is 0 Å². The molecule has 0 N–H and O–H groups in total. The van der Waals surface area contributed by atoms with Gasteiger partial charge in [0, 0.05) is 0 Å². The van der Waals surface area contributed by atoms with Crippen LogP contribution in [0.25, 0.3) is 0 Å². The van der Waals surface area contributed by atoms with Crippen LogP contribution in [0.5, 0.6) is 0 Å². The van der Waals surface area contributed by atoms with Gasteiger partial charge in [-0.3, -0.25) is 0 Å². The predicted octanol–water partition coefficient (Wildman–Crippen LogP) is 3.69. The van der Waals surface area contributed by atoms with Gasteiger partial charge in [-0.25, -0.2) is 0 Å². The highest BCUT2D eigenvalue weighted by Gasteiger charge is 1.97. The van der Waals surface area contributed by atoms with Gasteiger partial charge in [-0.15, -0.1) is 11.8 Å². The molecule has 1 atom stereocenters. The molecule has 2 nitrogen and oxygen atoms in total. The van der Waals surface area contributed by atoms with Gasteiger partial charge >= 0.3 is 0 Å². The number of ether oxygens (including phenoxy) is 1. The first-order valence-electron chi connectivity index (χ1n) is 5.14. The van der Waals surface area contributed by atoms with Gasteiger partial charge in [0.05, 0.1) is 11.3 Å². The zero-order chi connectivity index (χ0) is 12.5. The maximum Gasteiger partial charge on any atom is 0.184 e. The lowest BCUT2D eigenvalue weighted by Gasteiger charge is -2.03. The molecule has 4 heteroatoms. The third-order valence-electron chi connectivity index (χ3n) is 1.89. The van der Waals surface area contributed by atoms with Crippen molar-refractivity contribution in [2.45, 2.75) is 18.8 Å². The zero-order valence-electron chi connectivity index (χ0n) is 9.50. The molecule has 0 aliphatic heterocycles. The van der Waals surface area contributed by atoms with Crippen LogP contribution < -0.4 is 0 Å². The Labute approximate surface area is 111 Å². The molecule has 1 unspecified atom stereocenters. The smallest absolute Gasteiger partial charge is 0.184 e. The molecule has 0 saturated carbocycles. The Morgan fingerprint density at radius 1 is 1.53 bits per heavy atom. The van der Waals surface area contributed by atoms with E-state index in [1.807, 2.05) is 37.3 Å². The van der Waals surface area contributed by atoms with E-state index in [0.717, 1.165) is 5.56 Å². The van der Waals surface area contributed by atoms with E-state index in [1.54, 1.807) is 11.5 Å². The van der Waals surface area contributed by atoms with Gasteiger partial charge < -0.3 is 4.74 Å². The molecule has 0 aromatic heterocycles. The lowest BCUT2D eigenvalue weighted by molar-refractivity contribution is 0.303. The van der Waals surface area contributed by atoms with Crippen molar-refractivity contribution in [2.75, 3.05) is 0 Å². The van der Waals surface area contributed by atoms with Crippen LogP contribution in [0.1, 0.15) is 12.5 Å². The third-order valence-corrected chi connectivity index (χ3v) is 2.95. The van der Waals surface area contributed by atoms with Crippen LogP contribution in [0.3, 0.4) is 0 Å². The molecular formula is C13H13NOS2. The Morgan fingerprint density at radius 3 is 2.88 bits per heavy atom. The van der Waals surface area contributed by atoms with E-state index < -0.39 is 0 Å². The number of hydrogen-bond acceptors (Lipinski definition) is 4. The minimum Gasteiger partial charge on any atom is -0.479 e. The van der Waals surface area contributed by atoms with Gasteiger partial charge in [0.15, 0.2) is 5.05 Å². The van der Waals surface area contributed by atoms with E-state index in [1.165, 1.54) is 11.8 Å². The van der Waals surface area contributed by atoms with Crippen LogP contribution in [0.2, 0.25) is 0 Å². The Kier molecular flexibility index (Phi) is 6.38. The Bertz CT molecular complexity index is 423. The minimum absolute atomic E-state index is 0.0665. The number of benzene rings is 1. The summed E-state index contributed by atoms with van der Waals surface area (Å²) in [5, 5.41) is 10.7. The van der Waals surface area contributed by atoms with Crippen LogP contribution in [0.4, 0.5) is 0 Å². The van der Waals surface area contributed by atoms with E-state index in [4.69, 9.17) is 22.2 Å². The third kappa shape index (κ3) is 6.10. The molecule has 0 heterocycles. The molecule has 0 aliphatic rings.